The van der Waals surface area contributed by atoms with Gasteiger partial charge in [-0.05, 0) is 113 Å². The molecule has 0 radical (unpaired) electrons. The molecule has 0 aliphatic heterocycles. The second-order valence-electron chi connectivity index (χ2n) is 11.1. The van der Waals surface area contributed by atoms with Gasteiger partial charge in [-0.1, -0.05) is 46.6 Å². The lowest BCUT2D eigenvalue weighted by atomic mass is 9.94. The molecular weight excluding hydrogens is 440 g/mol. The normalized spacial score (nSPS) is 17.9. The first kappa shape index (κ1) is 33.8. The molecule has 0 aromatic heterocycles. The Morgan fingerprint density at radius 3 is 1.31 bits per heavy atom. The maximum atomic E-state index is 9.97. The standard InChI is InChI=1S/C30H54O5/c1-23(14-10-16-25(3)18-20-27(32)29(5,6)34)12-8-9-13-24(2)15-11-17-26(4)19-21-28(33)30(7,35)22-31/h12-13,16-17,27-28,31-35H,8-11,14-15,18-22H2,1-7H3/b23-12+,24-13+,25-16+,26-17+/t27-,28-,30?/m1/s1. The van der Waals surface area contributed by atoms with E-state index in [1.807, 2.05) is 6.92 Å². The van der Waals surface area contributed by atoms with Crippen LogP contribution in [0.3, 0.4) is 0 Å². The Hall–Kier alpha value is -1.24. The molecule has 5 N–H and O–H groups in total. The predicted molar refractivity (Wildman–Crippen MR) is 147 cm³/mol. The first-order chi connectivity index (χ1) is 16.2. The maximum Gasteiger partial charge on any atom is 0.111 e. The van der Waals surface area contributed by atoms with Crippen LogP contribution in [0.5, 0.6) is 0 Å². The van der Waals surface area contributed by atoms with Crippen molar-refractivity contribution in [3.8, 4) is 0 Å². The number of allylic oxidation sites excluding steroid dienone is 8. The molecule has 5 heteroatoms. The van der Waals surface area contributed by atoms with Crippen LogP contribution in [0.1, 0.15) is 113 Å². The van der Waals surface area contributed by atoms with Crippen LogP contribution in [0.2, 0.25) is 0 Å². The first-order valence-corrected chi connectivity index (χ1v) is 13.2. The highest BCUT2D eigenvalue weighted by molar-refractivity contribution is 5.07. The second-order valence-corrected chi connectivity index (χ2v) is 11.1. The lowest BCUT2D eigenvalue weighted by molar-refractivity contribution is -0.0942. The van der Waals surface area contributed by atoms with E-state index in [2.05, 4.69) is 45.1 Å². The topological polar surface area (TPSA) is 101 Å². The summed E-state index contributed by atoms with van der Waals surface area (Å²) >= 11 is 0. The van der Waals surface area contributed by atoms with Gasteiger partial charge in [-0.3, -0.25) is 0 Å². The van der Waals surface area contributed by atoms with Crippen molar-refractivity contribution in [2.45, 2.75) is 136 Å². The van der Waals surface area contributed by atoms with Gasteiger partial charge in [0.05, 0.1) is 24.4 Å². The van der Waals surface area contributed by atoms with Gasteiger partial charge in [-0.15, -0.1) is 0 Å². The smallest absolute Gasteiger partial charge is 0.111 e. The minimum absolute atomic E-state index is 0.441. The molecule has 0 aromatic rings. The molecule has 1 unspecified atom stereocenters. The largest absolute Gasteiger partial charge is 0.393 e. The van der Waals surface area contributed by atoms with Crippen LogP contribution in [0.15, 0.2) is 46.6 Å². The fourth-order valence-corrected chi connectivity index (χ4v) is 3.66. The van der Waals surface area contributed by atoms with E-state index >= 15 is 0 Å². The summed E-state index contributed by atoms with van der Waals surface area (Å²) in [5.41, 5.74) is 2.76. The molecule has 0 saturated carbocycles. The van der Waals surface area contributed by atoms with Gasteiger partial charge in [0.1, 0.15) is 5.60 Å². The van der Waals surface area contributed by atoms with Crippen molar-refractivity contribution in [2.75, 3.05) is 6.61 Å². The average molecular weight is 495 g/mol. The zero-order valence-electron chi connectivity index (χ0n) is 23.5. The van der Waals surface area contributed by atoms with Crippen LogP contribution in [-0.4, -0.2) is 55.5 Å². The van der Waals surface area contributed by atoms with Gasteiger partial charge < -0.3 is 25.5 Å². The van der Waals surface area contributed by atoms with Gasteiger partial charge in [0.15, 0.2) is 0 Å². The van der Waals surface area contributed by atoms with Crippen LogP contribution < -0.4 is 0 Å². The van der Waals surface area contributed by atoms with Crippen LogP contribution in [0.4, 0.5) is 0 Å². The van der Waals surface area contributed by atoms with Crippen LogP contribution in [0, 0.1) is 0 Å². The van der Waals surface area contributed by atoms with Crippen LogP contribution in [0.25, 0.3) is 0 Å². The number of rotatable bonds is 18. The maximum absolute atomic E-state index is 9.97. The average Bonchev–Trinajstić information content (AvgIpc) is 2.77. The number of unbranched alkanes of at least 4 members (excludes halogenated alkanes) is 1. The first-order valence-electron chi connectivity index (χ1n) is 13.2. The van der Waals surface area contributed by atoms with E-state index in [0.29, 0.717) is 19.3 Å². The van der Waals surface area contributed by atoms with E-state index < -0.39 is 30.0 Å². The molecule has 0 amide bonds. The molecule has 0 bridgehead atoms. The number of aliphatic hydroxyl groups excluding tert-OH is 3. The van der Waals surface area contributed by atoms with Crippen LogP contribution >= 0.6 is 0 Å². The van der Waals surface area contributed by atoms with Gasteiger partial charge in [0, 0.05) is 0 Å². The van der Waals surface area contributed by atoms with E-state index in [0.717, 1.165) is 44.9 Å². The highest BCUT2D eigenvalue weighted by Gasteiger charge is 2.28. The Morgan fingerprint density at radius 2 is 0.943 bits per heavy atom. The van der Waals surface area contributed by atoms with Gasteiger partial charge in [0.2, 0.25) is 0 Å². The molecule has 0 heterocycles. The molecule has 0 fully saturated rings. The van der Waals surface area contributed by atoms with Gasteiger partial charge in [-0.2, -0.15) is 0 Å². The molecule has 0 aliphatic rings. The molecule has 0 saturated heterocycles. The molecule has 0 aromatic carbocycles. The monoisotopic (exact) mass is 494 g/mol. The second kappa shape index (κ2) is 17.3. The summed E-state index contributed by atoms with van der Waals surface area (Å²) in [7, 11) is 0. The molecular formula is C30H54O5. The Bertz CT molecular complexity index is 707. The molecule has 35 heavy (non-hydrogen) atoms. The molecule has 0 rings (SSSR count). The van der Waals surface area contributed by atoms with E-state index in [9.17, 15) is 20.4 Å². The summed E-state index contributed by atoms with van der Waals surface area (Å²) in [5, 5.41) is 48.7. The van der Waals surface area contributed by atoms with Gasteiger partial charge in [-0.25, -0.2) is 0 Å². The summed E-state index contributed by atoms with van der Waals surface area (Å²) in [5.74, 6) is 0. The van der Waals surface area contributed by atoms with Gasteiger partial charge in [0.25, 0.3) is 0 Å². The molecule has 3 atom stereocenters. The SMILES string of the molecule is C/C(=C\CC/C=C(\C)CC/C=C(\C)CC[C@@H](O)C(C)(O)CO)CC/C=C(\C)CC[C@@H](O)C(C)(C)O. The molecule has 0 spiro atoms. The highest BCUT2D eigenvalue weighted by Crippen LogP contribution is 2.19. The molecule has 204 valence electrons. The zero-order valence-corrected chi connectivity index (χ0v) is 23.5. The van der Waals surface area contributed by atoms with Crippen molar-refractivity contribution in [2.24, 2.45) is 0 Å². The van der Waals surface area contributed by atoms with Crippen molar-refractivity contribution in [1.82, 2.24) is 0 Å². The summed E-state index contributed by atoms with van der Waals surface area (Å²) in [6, 6.07) is 0. The zero-order chi connectivity index (χ0) is 27.1. The van der Waals surface area contributed by atoms with Crippen LogP contribution in [-0.2, 0) is 0 Å². The lowest BCUT2D eigenvalue weighted by Gasteiger charge is -2.26. The molecule has 0 aliphatic carbocycles. The minimum Gasteiger partial charge on any atom is -0.393 e. The third-order valence-corrected chi connectivity index (χ3v) is 6.69. The van der Waals surface area contributed by atoms with E-state index in [1.165, 1.54) is 29.2 Å². The van der Waals surface area contributed by atoms with Gasteiger partial charge >= 0.3 is 0 Å². The third kappa shape index (κ3) is 17.0. The van der Waals surface area contributed by atoms with Crippen molar-refractivity contribution < 1.29 is 25.5 Å². The Labute approximate surface area is 215 Å². The Morgan fingerprint density at radius 1 is 0.600 bits per heavy atom. The third-order valence-electron chi connectivity index (χ3n) is 6.69. The number of hydrogen-bond donors (Lipinski definition) is 5. The lowest BCUT2D eigenvalue weighted by Crippen LogP contribution is -2.42. The highest BCUT2D eigenvalue weighted by atomic mass is 16.4. The summed E-state index contributed by atoms with van der Waals surface area (Å²) in [4.78, 5) is 0. The summed E-state index contributed by atoms with van der Waals surface area (Å²) in [6.45, 7) is 12.8. The predicted octanol–water partition coefficient (Wildman–Crippen LogP) is 5.91. The minimum atomic E-state index is -1.44. The Balaban J connectivity index is 4.19. The van der Waals surface area contributed by atoms with E-state index in [-0.39, 0.29) is 0 Å². The summed E-state index contributed by atoms with van der Waals surface area (Å²) < 4.78 is 0. The van der Waals surface area contributed by atoms with E-state index in [1.54, 1.807) is 13.8 Å². The fourth-order valence-electron chi connectivity index (χ4n) is 3.66. The molecule has 5 nitrogen and oxygen atoms in total. The van der Waals surface area contributed by atoms with Crippen molar-refractivity contribution in [3.05, 3.63) is 46.6 Å². The Kier molecular flexibility index (Phi) is 16.6. The van der Waals surface area contributed by atoms with Crippen molar-refractivity contribution >= 4 is 0 Å². The van der Waals surface area contributed by atoms with Crippen molar-refractivity contribution in [1.29, 1.82) is 0 Å². The fraction of sp³-hybridized carbons (Fsp3) is 0.733. The van der Waals surface area contributed by atoms with Crippen molar-refractivity contribution in [3.63, 3.8) is 0 Å². The number of aliphatic hydroxyl groups is 5. The quantitative estimate of drug-likeness (QED) is 0.120. The van der Waals surface area contributed by atoms with E-state index in [4.69, 9.17) is 5.11 Å². The number of hydrogen-bond acceptors (Lipinski definition) is 5. The summed E-state index contributed by atoms with van der Waals surface area (Å²) in [6.07, 6.45) is 16.1.